The maximum absolute atomic E-state index is 12.9. The van der Waals surface area contributed by atoms with E-state index in [1.54, 1.807) is 24.3 Å². The molecule has 0 bridgehead atoms. The smallest absolute Gasteiger partial charge is 0.413 e. The molecule has 3 aliphatic carbocycles. The molecule has 1 heterocycles. The van der Waals surface area contributed by atoms with Crippen molar-refractivity contribution in [1.29, 1.82) is 0 Å². The lowest BCUT2D eigenvalue weighted by Gasteiger charge is -2.23. The summed E-state index contributed by atoms with van der Waals surface area (Å²) < 4.78 is 35.6. The fourth-order valence-corrected chi connectivity index (χ4v) is 4.86. The highest BCUT2D eigenvalue weighted by Gasteiger charge is 2.33. The van der Waals surface area contributed by atoms with Crippen molar-refractivity contribution in [3.63, 3.8) is 0 Å². The summed E-state index contributed by atoms with van der Waals surface area (Å²) in [6.45, 7) is 2.84. The summed E-state index contributed by atoms with van der Waals surface area (Å²) in [6, 6.07) is -0.577. The van der Waals surface area contributed by atoms with Gasteiger partial charge in [-0.05, 0) is 49.5 Å². The highest BCUT2D eigenvalue weighted by Crippen LogP contribution is 2.32. The molecule has 3 N–H and O–H groups in total. The van der Waals surface area contributed by atoms with Gasteiger partial charge in [0.05, 0.1) is 24.1 Å². The summed E-state index contributed by atoms with van der Waals surface area (Å²) in [4.78, 5) is 15.9. The molecule has 1 fully saturated rings. The Morgan fingerprint density at radius 1 is 1.33 bits per heavy atom. The zero-order valence-electron chi connectivity index (χ0n) is 16.9. The molecule has 30 heavy (non-hydrogen) atoms. The Bertz CT molecular complexity index is 975. The number of aliphatic imine (C=N–C) groups is 1. The summed E-state index contributed by atoms with van der Waals surface area (Å²) in [5.74, 6) is 1.06. The molecule has 162 valence electrons. The van der Waals surface area contributed by atoms with Gasteiger partial charge in [-0.25, -0.2) is 9.79 Å². The van der Waals surface area contributed by atoms with E-state index in [1.165, 1.54) is 20.0 Å². The van der Waals surface area contributed by atoms with Gasteiger partial charge in [-0.3, -0.25) is 5.32 Å². The van der Waals surface area contributed by atoms with Gasteiger partial charge < -0.3 is 19.6 Å². The van der Waals surface area contributed by atoms with Crippen molar-refractivity contribution in [2.24, 2.45) is 16.8 Å². The predicted molar refractivity (Wildman–Crippen MR) is 112 cm³/mol. The van der Waals surface area contributed by atoms with Gasteiger partial charge in [0.2, 0.25) is 5.96 Å². The molecule has 0 saturated heterocycles. The van der Waals surface area contributed by atoms with Crippen LogP contribution in [0.3, 0.4) is 0 Å². The lowest BCUT2D eigenvalue weighted by Crippen LogP contribution is -2.42. The van der Waals surface area contributed by atoms with Gasteiger partial charge in [0, 0.05) is 18.2 Å². The Labute approximate surface area is 176 Å². The number of hydrogen-bond donors (Lipinski definition) is 3. The van der Waals surface area contributed by atoms with E-state index in [2.05, 4.69) is 25.7 Å². The molecule has 4 rings (SSSR count). The van der Waals surface area contributed by atoms with Crippen molar-refractivity contribution in [2.45, 2.75) is 38.3 Å². The molecule has 1 amide bonds. The fourth-order valence-electron chi connectivity index (χ4n) is 3.59. The second kappa shape index (κ2) is 8.17. The molecular weight excluding hydrogens is 408 g/mol. The first-order valence-electron chi connectivity index (χ1n) is 10.0. The Hall–Kier alpha value is -2.75. The predicted octanol–water partition coefficient (Wildman–Crippen LogP) is 1.65. The Kier molecular flexibility index (Phi) is 5.59. The van der Waals surface area contributed by atoms with Crippen molar-refractivity contribution in [3.05, 3.63) is 46.7 Å². The maximum Gasteiger partial charge on any atom is 0.413 e. The van der Waals surface area contributed by atoms with Crippen molar-refractivity contribution in [2.75, 3.05) is 13.7 Å². The third kappa shape index (κ3) is 4.69. The van der Waals surface area contributed by atoms with E-state index in [4.69, 9.17) is 4.18 Å². The van der Waals surface area contributed by atoms with Gasteiger partial charge in [-0.1, -0.05) is 13.0 Å². The van der Waals surface area contributed by atoms with Crippen LogP contribution in [0, 0.1) is 11.8 Å². The van der Waals surface area contributed by atoms with E-state index in [-0.39, 0.29) is 34.6 Å². The number of fused-ring (bicyclic) bond motifs is 1. The molecular formula is C20H26N4O5S. The number of rotatable bonds is 6. The fraction of sp³-hybridized carbons (Fsp3) is 0.500. The average molecular weight is 435 g/mol. The van der Waals surface area contributed by atoms with E-state index in [0.717, 1.165) is 18.2 Å². The highest BCUT2D eigenvalue weighted by molar-refractivity contribution is 7.90. The SMILES string of the molecule is COC(=O)NC1=NC2C=CC(OS(=O)(=O)C3=CC=C(NCC4CC4)CC3C)=CC2N1. The van der Waals surface area contributed by atoms with Gasteiger partial charge in [0.25, 0.3) is 0 Å². The first kappa shape index (κ1) is 20.5. The normalized spacial score (nSPS) is 27.6. The minimum Gasteiger partial charge on any atom is -0.453 e. The first-order valence-corrected chi connectivity index (χ1v) is 11.4. The molecule has 9 nitrogen and oxygen atoms in total. The Morgan fingerprint density at radius 3 is 2.83 bits per heavy atom. The second-order valence-corrected chi connectivity index (χ2v) is 9.46. The number of ether oxygens (including phenoxy) is 1. The van der Waals surface area contributed by atoms with Crippen LogP contribution in [0.1, 0.15) is 26.2 Å². The third-order valence-electron chi connectivity index (χ3n) is 5.43. The van der Waals surface area contributed by atoms with E-state index in [0.29, 0.717) is 6.42 Å². The summed E-state index contributed by atoms with van der Waals surface area (Å²) in [5, 5.41) is 8.88. The van der Waals surface area contributed by atoms with E-state index < -0.39 is 16.2 Å². The number of carbonyl (C=O) groups is 1. The van der Waals surface area contributed by atoms with Crippen molar-refractivity contribution < 1.29 is 22.1 Å². The lowest BCUT2D eigenvalue weighted by molar-refractivity contribution is 0.176. The number of alkyl carbamates (subject to hydrolysis) is 1. The van der Waals surface area contributed by atoms with Crippen LogP contribution >= 0.6 is 0 Å². The summed E-state index contributed by atoms with van der Waals surface area (Å²) in [5.41, 5.74) is 1.06. The quantitative estimate of drug-likeness (QED) is 0.544. The Balaban J connectivity index is 1.40. The molecule has 4 aliphatic rings. The van der Waals surface area contributed by atoms with Crippen LogP contribution in [0.4, 0.5) is 4.79 Å². The molecule has 3 unspecified atom stereocenters. The lowest BCUT2D eigenvalue weighted by atomic mass is 10.00. The van der Waals surface area contributed by atoms with Crippen LogP contribution in [0.25, 0.3) is 0 Å². The number of amides is 1. The molecule has 0 aromatic rings. The van der Waals surface area contributed by atoms with E-state index in [9.17, 15) is 13.2 Å². The van der Waals surface area contributed by atoms with Gasteiger partial charge >= 0.3 is 16.2 Å². The molecule has 10 heteroatoms. The van der Waals surface area contributed by atoms with Gasteiger partial charge in [0.1, 0.15) is 5.76 Å². The molecule has 1 saturated carbocycles. The third-order valence-corrected chi connectivity index (χ3v) is 6.95. The van der Waals surface area contributed by atoms with Crippen LogP contribution < -0.4 is 16.0 Å². The summed E-state index contributed by atoms with van der Waals surface area (Å²) in [7, 11) is -2.66. The maximum atomic E-state index is 12.9. The minimum absolute atomic E-state index is 0.175. The van der Waals surface area contributed by atoms with Crippen molar-refractivity contribution >= 4 is 22.2 Å². The number of nitrogens with one attached hydrogen (secondary N) is 3. The average Bonchev–Trinajstić information content (AvgIpc) is 3.44. The number of guanidine groups is 1. The zero-order valence-corrected chi connectivity index (χ0v) is 17.7. The largest absolute Gasteiger partial charge is 0.453 e. The number of carbonyl (C=O) groups excluding carboxylic acids is 1. The molecule has 0 aromatic heterocycles. The van der Waals surface area contributed by atoms with Crippen LogP contribution in [-0.4, -0.2) is 46.2 Å². The number of hydrogen-bond acceptors (Lipinski definition) is 8. The van der Waals surface area contributed by atoms with Crippen molar-refractivity contribution in [3.8, 4) is 0 Å². The standard InChI is InChI=1S/C20H26N4O5S/c1-12-9-14(21-11-13-3-4-13)5-8-18(12)30(26,27)29-15-6-7-16-17(10-15)23-19(22-16)24-20(25)28-2/h5-8,10,12-13,16-17,21H,3-4,9,11H2,1-2H3,(H2,22,23,24,25). The topological polar surface area (TPSA) is 118 Å². The zero-order chi connectivity index (χ0) is 21.3. The number of nitrogens with zero attached hydrogens (tertiary/aromatic N) is 1. The van der Waals surface area contributed by atoms with E-state index >= 15 is 0 Å². The number of methoxy groups -OCH3 is 1. The second-order valence-electron chi connectivity index (χ2n) is 7.91. The summed E-state index contributed by atoms with van der Waals surface area (Å²) >= 11 is 0. The number of allylic oxidation sites excluding steroid dienone is 5. The molecule has 0 spiro atoms. The Morgan fingerprint density at radius 2 is 2.13 bits per heavy atom. The van der Waals surface area contributed by atoms with Crippen molar-refractivity contribution in [1.82, 2.24) is 16.0 Å². The van der Waals surface area contributed by atoms with Gasteiger partial charge in [-0.15, -0.1) is 0 Å². The highest BCUT2D eigenvalue weighted by atomic mass is 32.2. The minimum atomic E-state index is -3.93. The molecule has 0 aromatic carbocycles. The molecule has 0 radical (unpaired) electrons. The van der Waals surface area contributed by atoms with Gasteiger partial charge in [0.15, 0.2) is 0 Å². The monoisotopic (exact) mass is 434 g/mol. The van der Waals surface area contributed by atoms with Crippen LogP contribution in [0.15, 0.2) is 51.7 Å². The molecule has 1 aliphatic heterocycles. The van der Waals surface area contributed by atoms with Crippen LogP contribution in [-0.2, 0) is 19.0 Å². The summed E-state index contributed by atoms with van der Waals surface area (Å²) in [6.07, 6.45) is 10.9. The van der Waals surface area contributed by atoms with Crippen LogP contribution in [0.5, 0.6) is 0 Å². The van der Waals surface area contributed by atoms with Crippen LogP contribution in [0.2, 0.25) is 0 Å². The first-order chi connectivity index (χ1) is 14.3. The molecule has 3 atom stereocenters. The van der Waals surface area contributed by atoms with Gasteiger partial charge in [-0.2, -0.15) is 8.42 Å². The van der Waals surface area contributed by atoms with E-state index in [1.807, 2.05) is 13.0 Å².